The predicted octanol–water partition coefficient (Wildman–Crippen LogP) is 3.87. The molecule has 4 nitrogen and oxygen atoms in total. The Kier molecular flexibility index (Phi) is 4.72. The lowest BCUT2D eigenvalue weighted by atomic mass is 10.1. The van der Waals surface area contributed by atoms with Gasteiger partial charge in [0.2, 0.25) is 0 Å². The molecule has 1 aromatic carbocycles. The third kappa shape index (κ3) is 3.77. The van der Waals surface area contributed by atoms with Crippen molar-refractivity contribution in [3.05, 3.63) is 58.6 Å². The van der Waals surface area contributed by atoms with Gasteiger partial charge in [0.15, 0.2) is 0 Å². The Morgan fingerprint density at radius 2 is 1.96 bits per heavy atom. The van der Waals surface area contributed by atoms with Gasteiger partial charge in [-0.1, -0.05) is 17.3 Å². The summed E-state index contributed by atoms with van der Waals surface area (Å²) >= 11 is 0. The molecule has 0 radical (unpaired) electrons. The minimum Gasteiger partial charge on any atom is -0.361 e. The summed E-state index contributed by atoms with van der Waals surface area (Å²) in [6.07, 6.45) is 2.09. The maximum atomic E-state index is 5.19. The lowest BCUT2D eigenvalue weighted by Gasteiger charge is -2.06. The first-order chi connectivity index (χ1) is 11.1. The van der Waals surface area contributed by atoms with Gasteiger partial charge in [0.25, 0.3) is 0 Å². The Bertz CT molecular complexity index is 788. The maximum Gasteiger partial charge on any atom is 0.137 e. The topological polar surface area (TPSA) is 51.0 Å². The van der Waals surface area contributed by atoms with Crippen LogP contribution < -0.4 is 5.32 Å². The minimum atomic E-state index is 0.880. The van der Waals surface area contributed by atoms with Crippen molar-refractivity contribution in [1.29, 1.82) is 0 Å². The van der Waals surface area contributed by atoms with Gasteiger partial charge in [-0.25, -0.2) is 0 Å². The summed E-state index contributed by atoms with van der Waals surface area (Å²) in [5.74, 6) is 0.944. The number of hydrogen-bond acceptors (Lipinski definition) is 4. The van der Waals surface area contributed by atoms with E-state index in [1.165, 1.54) is 16.5 Å². The molecule has 2 heterocycles. The van der Waals surface area contributed by atoms with Crippen LogP contribution >= 0.6 is 0 Å². The Hall–Kier alpha value is -2.20. The van der Waals surface area contributed by atoms with Crippen LogP contribution in [0.4, 0.5) is 0 Å². The van der Waals surface area contributed by atoms with Crippen molar-refractivity contribution in [2.75, 3.05) is 6.54 Å². The summed E-state index contributed by atoms with van der Waals surface area (Å²) in [5.41, 5.74) is 5.68. The van der Waals surface area contributed by atoms with Crippen LogP contribution in [0.2, 0.25) is 0 Å². The fourth-order valence-electron chi connectivity index (χ4n) is 2.87. The average molecular weight is 309 g/mol. The zero-order valence-electron chi connectivity index (χ0n) is 14.0. The molecule has 0 fully saturated rings. The molecule has 2 aromatic heterocycles. The molecule has 3 rings (SSSR count). The van der Waals surface area contributed by atoms with Crippen molar-refractivity contribution in [2.45, 2.75) is 40.2 Å². The second-order valence-electron chi connectivity index (χ2n) is 6.06. The van der Waals surface area contributed by atoms with Gasteiger partial charge in [-0.2, -0.15) is 0 Å². The number of rotatable bonds is 6. The quantitative estimate of drug-likeness (QED) is 0.702. The first-order valence-electron chi connectivity index (χ1n) is 8.12. The standard InChI is InChI=1S/C19H23N3O/c1-13-6-8-17-11-16(7-9-19(17)21-13)12-20-10-4-5-18-14(2)22-23-15(18)3/h6-9,11,20H,4-5,10,12H2,1-3H3. The molecular formula is C19H23N3O. The van der Waals surface area contributed by atoms with E-state index in [2.05, 4.69) is 45.8 Å². The Morgan fingerprint density at radius 3 is 2.74 bits per heavy atom. The van der Waals surface area contributed by atoms with E-state index in [4.69, 9.17) is 4.52 Å². The number of aryl methyl sites for hydroxylation is 3. The summed E-state index contributed by atoms with van der Waals surface area (Å²) in [7, 11) is 0. The molecule has 0 saturated heterocycles. The van der Waals surface area contributed by atoms with Crippen LogP contribution in [-0.4, -0.2) is 16.7 Å². The highest BCUT2D eigenvalue weighted by Gasteiger charge is 2.07. The molecular weight excluding hydrogens is 286 g/mol. The van der Waals surface area contributed by atoms with Crippen LogP contribution in [0.1, 0.15) is 34.7 Å². The highest BCUT2D eigenvalue weighted by atomic mass is 16.5. The number of pyridine rings is 1. The van der Waals surface area contributed by atoms with E-state index in [9.17, 15) is 0 Å². The van der Waals surface area contributed by atoms with Crippen LogP contribution in [-0.2, 0) is 13.0 Å². The third-order valence-corrected chi connectivity index (χ3v) is 4.18. The number of fused-ring (bicyclic) bond motifs is 1. The largest absolute Gasteiger partial charge is 0.361 e. The Balaban J connectivity index is 1.50. The number of nitrogens with zero attached hydrogens (tertiary/aromatic N) is 2. The van der Waals surface area contributed by atoms with Gasteiger partial charge in [-0.05, 0) is 63.9 Å². The monoisotopic (exact) mass is 309 g/mol. The van der Waals surface area contributed by atoms with Gasteiger partial charge in [0.1, 0.15) is 5.76 Å². The van der Waals surface area contributed by atoms with Crippen molar-refractivity contribution in [1.82, 2.24) is 15.5 Å². The maximum absolute atomic E-state index is 5.19. The Morgan fingerprint density at radius 1 is 1.09 bits per heavy atom. The summed E-state index contributed by atoms with van der Waals surface area (Å²) in [4.78, 5) is 4.54. The molecule has 0 unspecified atom stereocenters. The van der Waals surface area contributed by atoms with Crippen LogP contribution in [0.5, 0.6) is 0 Å². The van der Waals surface area contributed by atoms with Crippen molar-refractivity contribution in [3.63, 3.8) is 0 Å². The van der Waals surface area contributed by atoms with Gasteiger partial charge < -0.3 is 9.84 Å². The first-order valence-corrected chi connectivity index (χ1v) is 8.12. The molecule has 0 aliphatic carbocycles. The van der Waals surface area contributed by atoms with Gasteiger partial charge >= 0.3 is 0 Å². The molecule has 0 spiro atoms. The van der Waals surface area contributed by atoms with Crippen LogP contribution in [0.15, 0.2) is 34.9 Å². The molecule has 1 N–H and O–H groups in total. The zero-order valence-corrected chi connectivity index (χ0v) is 14.0. The van der Waals surface area contributed by atoms with Crippen LogP contribution in [0.25, 0.3) is 10.9 Å². The molecule has 23 heavy (non-hydrogen) atoms. The number of benzene rings is 1. The van der Waals surface area contributed by atoms with E-state index >= 15 is 0 Å². The molecule has 3 aromatic rings. The molecule has 0 aliphatic heterocycles. The summed E-state index contributed by atoms with van der Waals surface area (Å²) in [6.45, 7) is 7.87. The normalized spacial score (nSPS) is 11.3. The number of hydrogen-bond donors (Lipinski definition) is 1. The van der Waals surface area contributed by atoms with Crippen molar-refractivity contribution in [3.8, 4) is 0 Å². The number of aromatic nitrogens is 2. The fraction of sp³-hybridized carbons (Fsp3) is 0.368. The van der Waals surface area contributed by atoms with E-state index < -0.39 is 0 Å². The van der Waals surface area contributed by atoms with Gasteiger partial charge in [-0.15, -0.1) is 0 Å². The lowest BCUT2D eigenvalue weighted by Crippen LogP contribution is -2.15. The van der Waals surface area contributed by atoms with E-state index in [1.807, 2.05) is 20.8 Å². The second-order valence-corrected chi connectivity index (χ2v) is 6.06. The SMILES string of the molecule is Cc1ccc2cc(CNCCCc3c(C)noc3C)ccc2n1. The lowest BCUT2D eigenvalue weighted by molar-refractivity contribution is 0.392. The molecule has 0 atom stereocenters. The fourth-order valence-corrected chi connectivity index (χ4v) is 2.87. The molecule has 0 saturated carbocycles. The van der Waals surface area contributed by atoms with E-state index in [0.29, 0.717) is 0 Å². The van der Waals surface area contributed by atoms with Gasteiger partial charge in [0.05, 0.1) is 11.2 Å². The molecule has 4 heteroatoms. The first kappa shape index (κ1) is 15.7. The minimum absolute atomic E-state index is 0.880. The predicted molar refractivity (Wildman–Crippen MR) is 92.5 cm³/mol. The highest BCUT2D eigenvalue weighted by Crippen LogP contribution is 2.15. The molecule has 120 valence electrons. The van der Waals surface area contributed by atoms with Crippen LogP contribution in [0.3, 0.4) is 0 Å². The zero-order chi connectivity index (χ0) is 16.2. The number of nitrogens with one attached hydrogen (secondary N) is 1. The van der Waals surface area contributed by atoms with Crippen molar-refractivity contribution >= 4 is 10.9 Å². The van der Waals surface area contributed by atoms with Crippen molar-refractivity contribution < 1.29 is 4.52 Å². The van der Waals surface area contributed by atoms with Gasteiger partial charge in [-0.3, -0.25) is 4.98 Å². The summed E-state index contributed by atoms with van der Waals surface area (Å²) in [6, 6.07) is 10.7. The third-order valence-electron chi connectivity index (χ3n) is 4.18. The van der Waals surface area contributed by atoms with E-state index in [1.54, 1.807) is 0 Å². The molecule has 0 amide bonds. The van der Waals surface area contributed by atoms with Crippen LogP contribution in [0, 0.1) is 20.8 Å². The van der Waals surface area contributed by atoms with Gasteiger partial charge in [0, 0.05) is 23.2 Å². The highest BCUT2D eigenvalue weighted by molar-refractivity contribution is 5.79. The smallest absolute Gasteiger partial charge is 0.137 e. The van der Waals surface area contributed by atoms with E-state index in [0.717, 1.165) is 48.6 Å². The molecule has 0 aliphatic rings. The van der Waals surface area contributed by atoms with E-state index in [-0.39, 0.29) is 0 Å². The molecule has 0 bridgehead atoms. The Labute approximate surface area is 136 Å². The average Bonchev–Trinajstić information content (AvgIpc) is 2.86. The summed E-state index contributed by atoms with van der Waals surface area (Å²) in [5, 5.41) is 8.70. The summed E-state index contributed by atoms with van der Waals surface area (Å²) < 4.78 is 5.19. The second kappa shape index (κ2) is 6.92. The van der Waals surface area contributed by atoms with Crippen molar-refractivity contribution in [2.24, 2.45) is 0 Å².